The SMILES string of the molecule is Cc1ccc(-c2ccc3c(c2)CCN(C2C=CS(=O)(=O)C2)C3=O)cc1C. The van der Waals surface area contributed by atoms with Gasteiger partial charge in [-0.05, 0) is 60.2 Å². The Bertz CT molecular complexity index is 1040. The maximum absolute atomic E-state index is 12.9. The number of amides is 1. The maximum atomic E-state index is 12.9. The van der Waals surface area contributed by atoms with E-state index in [9.17, 15) is 13.2 Å². The minimum Gasteiger partial charge on any atom is -0.331 e. The van der Waals surface area contributed by atoms with Crippen molar-refractivity contribution in [3.8, 4) is 11.1 Å². The van der Waals surface area contributed by atoms with Gasteiger partial charge in [0.2, 0.25) is 0 Å². The molecule has 2 aliphatic rings. The second-order valence-electron chi connectivity index (χ2n) is 7.14. The minimum atomic E-state index is -3.17. The van der Waals surface area contributed by atoms with Crippen molar-refractivity contribution < 1.29 is 13.2 Å². The van der Waals surface area contributed by atoms with Crippen LogP contribution in [0.1, 0.15) is 27.0 Å². The zero-order valence-electron chi connectivity index (χ0n) is 14.9. The molecule has 1 unspecified atom stereocenters. The van der Waals surface area contributed by atoms with Crippen LogP contribution in [0.2, 0.25) is 0 Å². The summed E-state index contributed by atoms with van der Waals surface area (Å²) in [6, 6.07) is 12.0. The number of aryl methyl sites for hydroxylation is 2. The fourth-order valence-electron chi connectivity index (χ4n) is 3.68. The van der Waals surface area contributed by atoms with Crippen molar-refractivity contribution in [3.05, 3.63) is 70.1 Å². The molecular weight excluding hydrogens is 346 g/mol. The number of hydrogen-bond acceptors (Lipinski definition) is 3. The van der Waals surface area contributed by atoms with Crippen molar-refractivity contribution in [3.63, 3.8) is 0 Å². The Hall–Kier alpha value is -2.40. The Morgan fingerprint density at radius 2 is 1.73 bits per heavy atom. The average Bonchev–Trinajstić information content (AvgIpc) is 2.97. The summed E-state index contributed by atoms with van der Waals surface area (Å²) in [5, 5.41) is 1.23. The second kappa shape index (κ2) is 6.09. The molecule has 1 amide bonds. The van der Waals surface area contributed by atoms with Crippen molar-refractivity contribution in [1.82, 2.24) is 4.90 Å². The number of hydrogen-bond donors (Lipinski definition) is 0. The van der Waals surface area contributed by atoms with Crippen LogP contribution >= 0.6 is 0 Å². The molecule has 0 N–H and O–H groups in total. The molecule has 4 rings (SSSR count). The number of carbonyl (C=O) groups excluding carboxylic acids is 1. The summed E-state index contributed by atoms with van der Waals surface area (Å²) in [6.45, 7) is 4.74. The lowest BCUT2D eigenvalue weighted by atomic mass is 9.92. The zero-order chi connectivity index (χ0) is 18.5. The highest BCUT2D eigenvalue weighted by molar-refractivity contribution is 7.94. The van der Waals surface area contributed by atoms with Crippen molar-refractivity contribution >= 4 is 15.7 Å². The molecule has 26 heavy (non-hydrogen) atoms. The molecule has 134 valence electrons. The van der Waals surface area contributed by atoms with Gasteiger partial charge < -0.3 is 4.90 Å². The monoisotopic (exact) mass is 367 g/mol. The molecule has 0 saturated carbocycles. The summed E-state index contributed by atoms with van der Waals surface area (Å²) < 4.78 is 23.3. The van der Waals surface area contributed by atoms with E-state index in [2.05, 4.69) is 38.1 Å². The number of rotatable bonds is 2. The lowest BCUT2D eigenvalue weighted by molar-refractivity contribution is 0.0711. The Morgan fingerprint density at radius 1 is 1.00 bits per heavy atom. The Labute approximate surface area is 154 Å². The fourth-order valence-corrected chi connectivity index (χ4v) is 4.98. The van der Waals surface area contributed by atoms with Gasteiger partial charge in [-0.15, -0.1) is 0 Å². The van der Waals surface area contributed by atoms with E-state index >= 15 is 0 Å². The van der Waals surface area contributed by atoms with Crippen molar-refractivity contribution in [1.29, 1.82) is 0 Å². The minimum absolute atomic E-state index is 0.00516. The van der Waals surface area contributed by atoms with Crippen LogP contribution in [0, 0.1) is 13.8 Å². The van der Waals surface area contributed by atoms with Gasteiger partial charge >= 0.3 is 0 Å². The lowest BCUT2D eigenvalue weighted by Gasteiger charge is -2.32. The molecule has 5 heteroatoms. The first-order valence-electron chi connectivity index (χ1n) is 8.76. The van der Waals surface area contributed by atoms with Gasteiger partial charge in [-0.2, -0.15) is 0 Å². The summed E-state index contributed by atoms with van der Waals surface area (Å²) in [6.07, 6.45) is 2.37. The largest absolute Gasteiger partial charge is 0.331 e. The first-order valence-corrected chi connectivity index (χ1v) is 10.5. The molecule has 2 aromatic rings. The van der Waals surface area contributed by atoms with E-state index in [1.54, 1.807) is 11.0 Å². The number of fused-ring (bicyclic) bond motifs is 1. The highest BCUT2D eigenvalue weighted by Crippen LogP contribution is 2.29. The molecular formula is C21H21NO3S. The van der Waals surface area contributed by atoms with Gasteiger partial charge in [-0.3, -0.25) is 4.79 Å². The average molecular weight is 367 g/mol. The van der Waals surface area contributed by atoms with E-state index in [4.69, 9.17) is 0 Å². The molecule has 1 atom stereocenters. The first kappa shape index (κ1) is 17.0. The Balaban J connectivity index is 1.64. The molecule has 0 aromatic heterocycles. The van der Waals surface area contributed by atoms with Crippen LogP contribution < -0.4 is 0 Å². The van der Waals surface area contributed by atoms with Crippen LogP contribution in [0.5, 0.6) is 0 Å². The number of benzene rings is 2. The lowest BCUT2D eigenvalue weighted by Crippen LogP contribution is -2.45. The van der Waals surface area contributed by atoms with Gasteiger partial charge in [-0.1, -0.05) is 30.3 Å². The third-order valence-corrected chi connectivity index (χ3v) is 6.75. The first-order chi connectivity index (χ1) is 12.3. The van der Waals surface area contributed by atoms with Crippen molar-refractivity contribution in [2.24, 2.45) is 0 Å². The predicted octanol–water partition coefficient (Wildman–Crippen LogP) is 3.28. The normalized spacial score (nSPS) is 21.1. The molecule has 0 fully saturated rings. The summed E-state index contributed by atoms with van der Waals surface area (Å²) >= 11 is 0. The van der Waals surface area contributed by atoms with Crippen LogP contribution in [0.15, 0.2) is 47.9 Å². The summed E-state index contributed by atoms with van der Waals surface area (Å²) in [5.74, 6) is -0.0842. The standard InChI is InChI=1S/C21H21NO3S/c1-14-3-4-16(11-15(14)2)17-5-6-20-18(12-17)7-9-22(21(20)23)19-8-10-26(24,25)13-19/h3-6,8,10-12,19H,7,9,13H2,1-2H3. The summed E-state index contributed by atoms with van der Waals surface area (Å²) in [4.78, 5) is 14.5. The van der Waals surface area contributed by atoms with Crippen LogP contribution in [-0.2, 0) is 16.3 Å². The molecule has 0 radical (unpaired) electrons. The van der Waals surface area contributed by atoms with Crippen molar-refractivity contribution in [2.45, 2.75) is 26.3 Å². The van der Waals surface area contributed by atoms with Gasteiger partial charge in [0.05, 0.1) is 11.8 Å². The number of nitrogens with zero attached hydrogens (tertiary/aromatic N) is 1. The van der Waals surface area contributed by atoms with Crippen LogP contribution in [-0.4, -0.2) is 37.6 Å². The fraction of sp³-hybridized carbons (Fsp3) is 0.286. The third-order valence-electron chi connectivity index (χ3n) is 5.37. The summed E-state index contributed by atoms with van der Waals surface area (Å²) in [5.41, 5.74) is 6.48. The topological polar surface area (TPSA) is 54.5 Å². The molecule has 0 saturated heterocycles. The molecule has 0 bridgehead atoms. The highest BCUT2D eigenvalue weighted by atomic mass is 32.2. The molecule has 2 heterocycles. The quantitative estimate of drug-likeness (QED) is 0.818. The molecule has 2 aromatic carbocycles. The van der Waals surface area contributed by atoms with Gasteiger partial charge in [0.25, 0.3) is 5.91 Å². The second-order valence-corrected chi connectivity index (χ2v) is 9.08. The Kier molecular flexibility index (Phi) is 3.99. The highest BCUT2D eigenvalue weighted by Gasteiger charge is 2.33. The number of sulfone groups is 1. The molecule has 0 spiro atoms. The van der Waals surface area contributed by atoms with Gasteiger partial charge in [0, 0.05) is 17.5 Å². The number of carbonyl (C=O) groups is 1. The van der Waals surface area contributed by atoms with Gasteiger partial charge in [-0.25, -0.2) is 8.42 Å². The zero-order valence-corrected chi connectivity index (χ0v) is 15.7. The van der Waals surface area contributed by atoms with Crippen LogP contribution in [0.3, 0.4) is 0 Å². The molecule has 0 aliphatic carbocycles. The van der Waals surface area contributed by atoms with E-state index in [1.807, 2.05) is 12.1 Å². The third kappa shape index (κ3) is 2.97. The van der Waals surface area contributed by atoms with Gasteiger partial charge in [0.15, 0.2) is 9.84 Å². The Morgan fingerprint density at radius 3 is 2.42 bits per heavy atom. The van der Waals surface area contributed by atoms with Crippen LogP contribution in [0.25, 0.3) is 11.1 Å². The van der Waals surface area contributed by atoms with E-state index in [-0.39, 0.29) is 17.7 Å². The predicted molar refractivity (Wildman–Crippen MR) is 103 cm³/mol. The van der Waals surface area contributed by atoms with E-state index in [1.165, 1.54) is 16.5 Å². The van der Waals surface area contributed by atoms with E-state index < -0.39 is 9.84 Å². The molecule has 2 aliphatic heterocycles. The van der Waals surface area contributed by atoms with E-state index in [0.29, 0.717) is 12.1 Å². The van der Waals surface area contributed by atoms with Crippen LogP contribution in [0.4, 0.5) is 0 Å². The van der Waals surface area contributed by atoms with Gasteiger partial charge in [0.1, 0.15) is 0 Å². The smallest absolute Gasteiger partial charge is 0.254 e. The van der Waals surface area contributed by atoms with Crippen molar-refractivity contribution in [2.75, 3.05) is 12.3 Å². The maximum Gasteiger partial charge on any atom is 0.254 e. The van der Waals surface area contributed by atoms with E-state index in [0.717, 1.165) is 23.1 Å². The summed E-state index contributed by atoms with van der Waals surface area (Å²) in [7, 11) is -3.17. The molecule has 4 nitrogen and oxygen atoms in total.